The van der Waals surface area contributed by atoms with E-state index in [0.717, 1.165) is 26.1 Å². The standard InChI is InChI=1S/C14H28N2O2/c1-12(2)16(4)11-7-6-9-15-10-8-13(3)14(17)18-5/h8,12,15H,6-7,9-11H2,1-5H3. The van der Waals surface area contributed by atoms with Crippen molar-refractivity contribution in [2.75, 3.05) is 33.8 Å². The molecule has 0 aromatic carbocycles. The molecule has 0 aliphatic rings. The van der Waals surface area contributed by atoms with Crippen molar-refractivity contribution in [3.05, 3.63) is 11.6 Å². The number of hydrogen-bond donors (Lipinski definition) is 1. The van der Waals surface area contributed by atoms with Gasteiger partial charge in [-0.2, -0.15) is 0 Å². The van der Waals surface area contributed by atoms with Crippen molar-refractivity contribution in [2.24, 2.45) is 0 Å². The number of hydrogen-bond acceptors (Lipinski definition) is 4. The highest BCUT2D eigenvalue weighted by atomic mass is 16.5. The van der Waals surface area contributed by atoms with E-state index >= 15 is 0 Å². The van der Waals surface area contributed by atoms with Crippen molar-refractivity contribution in [3.63, 3.8) is 0 Å². The minimum atomic E-state index is -0.254. The molecule has 0 aromatic heterocycles. The lowest BCUT2D eigenvalue weighted by atomic mass is 10.2. The topological polar surface area (TPSA) is 41.6 Å². The van der Waals surface area contributed by atoms with Crippen molar-refractivity contribution in [1.82, 2.24) is 10.2 Å². The third-order valence-corrected chi connectivity index (χ3v) is 3.06. The predicted molar refractivity (Wildman–Crippen MR) is 75.6 cm³/mol. The van der Waals surface area contributed by atoms with E-state index in [9.17, 15) is 4.79 Å². The predicted octanol–water partition coefficient (Wildman–Crippen LogP) is 1.82. The van der Waals surface area contributed by atoms with Crippen molar-refractivity contribution < 1.29 is 9.53 Å². The van der Waals surface area contributed by atoms with Gasteiger partial charge in [0.1, 0.15) is 0 Å². The second-order valence-electron chi connectivity index (χ2n) is 4.86. The van der Waals surface area contributed by atoms with Gasteiger partial charge in [-0.1, -0.05) is 6.08 Å². The fraction of sp³-hybridized carbons (Fsp3) is 0.786. The van der Waals surface area contributed by atoms with Gasteiger partial charge in [0, 0.05) is 18.2 Å². The van der Waals surface area contributed by atoms with Crippen LogP contribution in [0.3, 0.4) is 0 Å². The summed E-state index contributed by atoms with van der Waals surface area (Å²) in [6.45, 7) is 9.02. The van der Waals surface area contributed by atoms with Gasteiger partial charge in [-0.3, -0.25) is 0 Å². The molecule has 0 rings (SSSR count). The largest absolute Gasteiger partial charge is 0.466 e. The molecular weight excluding hydrogens is 228 g/mol. The van der Waals surface area contributed by atoms with Gasteiger partial charge in [0.25, 0.3) is 0 Å². The highest BCUT2D eigenvalue weighted by Crippen LogP contribution is 1.97. The second kappa shape index (κ2) is 10.1. The van der Waals surface area contributed by atoms with Gasteiger partial charge in [0.2, 0.25) is 0 Å². The molecule has 0 radical (unpaired) electrons. The van der Waals surface area contributed by atoms with Crippen LogP contribution in [0, 0.1) is 0 Å². The summed E-state index contributed by atoms with van der Waals surface area (Å²) in [7, 11) is 3.55. The Hall–Kier alpha value is -0.870. The van der Waals surface area contributed by atoms with E-state index in [2.05, 4.69) is 35.8 Å². The van der Waals surface area contributed by atoms with Crippen molar-refractivity contribution in [2.45, 2.75) is 39.7 Å². The average molecular weight is 256 g/mol. The maximum atomic E-state index is 11.1. The van der Waals surface area contributed by atoms with Crippen LogP contribution in [0.5, 0.6) is 0 Å². The van der Waals surface area contributed by atoms with Crippen LogP contribution in [-0.2, 0) is 9.53 Å². The maximum absolute atomic E-state index is 11.1. The van der Waals surface area contributed by atoms with E-state index in [1.54, 1.807) is 6.92 Å². The van der Waals surface area contributed by atoms with E-state index < -0.39 is 0 Å². The maximum Gasteiger partial charge on any atom is 0.333 e. The van der Waals surface area contributed by atoms with Crippen LogP contribution < -0.4 is 5.32 Å². The number of methoxy groups -OCH3 is 1. The summed E-state index contributed by atoms with van der Waals surface area (Å²) in [5, 5.41) is 3.30. The highest BCUT2D eigenvalue weighted by Gasteiger charge is 2.02. The molecule has 0 saturated heterocycles. The Kier molecular flexibility index (Phi) is 9.60. The zero-order valence-corrected chi connectivity index (χ0v) is 12.5. The van der Waals surface area contributed by atoms with Crippen LogP contribution in [0.2, 0.25) is 0 Å². The first kappa shape index (κ1) is 17.1. The van der Waals surface area contributed by atoms with Gasteiger partial charge in [0.05, 0.1) is 7.11 Å². The number of esters is 1. The van der Waals surface area contributed by atoms with E-state index in [1.165, 1.54) is 13.5 Å². The van der Waals surface area contributed by atoms with E-state index in [4.69, 9.17) is 0 Å². The van der Waals surface area contributed by atoms with Crippen LogP contribution in [-0.4, -0.2) is 50.7 Å². The minimum Gasteiger partial charge on any atom is -0.466 e. The van der Waals surface area contributed by atoms with Crippen molar-refractivity contribution >= 4 is 5.97 Å². The highest BCUT2D eigenvalue weighted by molar-refractivity contribution is 5.87. The summed E-state index contributed by atoms with van der Waals surface area (Å²) < 4.78 is 4.62. The molecule has 0 aromatic rings. The van der Waals surface area contributed by atoms with Crippen molar-refractivity contribution in [3.8, 4) is 0 Å². The van der Waals surface area contributed by atoms with Gasteiger partial charge < -0.3 is 15.0 Å². The lowest BCUT2D eigenvalue weighted by Crippen LogP contribution is -2.27. The fourth-order valence-electron chi connectivity index (χ4n) is 1.44. The number of carbonyl (C=O) groups excluding carboxylic acids is 1. The first-order valence-electron chi connectivity index (χ1n) is 6.65. The third-order valence-electron chi connectivity index (χ3n) is 3.06. The number of carbonyl (C=O) groups is 1. The molecular formula is C14H28N2O2. The molecule has 0 fully saturated rings. The normalized spacial score (nSPS) is 12.3. The van der Waals surface area contributed by atoms with Crippen molar-refractivity contribution in [1.29, 1.82) is 0 Å². The Morgan fingerprint density at radius 1 is 1.39 bits per heavy atom. The number of nitrogens with zero attached hydrogens (tertiary/aromatic N) is 1. The summed E-state index contributed by atoms with van der Waals surface area (Å²) in [6.07, 6.45) is 4.22. The smallest absolute Gasteiger partial charge is 0.333 e. The van der Waals surface area contributed by atoms with E-state index in [1.807, 2.05) is 6.08 Å². The summed E-state index contributed by atoms with van der Waals surface area (Å²) in [6, 6.07) is 0.614. The molecule has 0 atom stereocenters. The molecule has 0 spiro atoms. The molecule has 0 amide bonds. The summed E-state index contributed by atoms with van der Waals surface area (Å²) in [5.41, 5.74) is 0.657. The molecule has 0 aliphatic heterocycles. The van der Waals surface area contributed by atoms with Gasteiger partial charge >= 0.3 is 5.97 Å². The van der Waals surface area contributed by atoms with Gasteiger partial charge in [-0.25, -0.2) is 4.79 Å². The van der Waals surface area contributed by atoms with E-state index in [-0.39, 0.29) is 5.97 Å². The number of rotatable bonds is 9. The van der Waals surface area contributed by atoms with Gasteiger partial charge in [-0.15, -0.1) is 0 Å². The number of unbranched alkanes of at least 4 members (excludes halogenated alkanes) is 1. The lowest BCUT2D eigenvalue weighted by Gasteiger charge is -2.20. The Bertz CT molecular complexity index is 263. The minimum absolute atomic E-state index is 0.254. The Labute approximate surface area is 111 Å². The summed E-state index contributed by atoms with van der Waals surface area (Å²) in [5.74, 6) is -0.254. The molecule has 106 valence electrons. The molecule has 0 heterocycles. The zero-order valence-electron chi connectivity index (χ0n) is 12.5. The Balaban J connectivity index is 3.49. The van der Waals surface area contributed by atoms with Gasteiger partial charge in [0.15, 0.2) is 0 Å². The van der Waals surface area contributed by atoms with Crippen LogP contribution in [0.15, 0.2) is 11.6 Å². The monoisotopic (exact) mass is 256 g/mol. The Morgan fingerprint density at radius 2 is 2.06 bits per heavy atom. The quantitative estimate of drug-likeness (QED) is 0.388. The average Bonchev–Trinajstić information content (AvgIpc) is 2.35. The third kappa shape index (κ3) is 8.25. The Morgan fingerprint density at radius 3 is 2.61 bits per heavy atom. The van der Waals surface area contributed by atoms with Crippen LogP contribution >= 0.6 is 0 Å². The van der Waals surface area contributed by atoms with Gasteiger partial charge in [-0.05, 0) is 53.8 Å². The van der Waals surface area contributed by atoms with Crippen LogP contribution in [0.25, 0.3) is 0 Å². The van der Waals surface area contributed by atoms with Crippen LogP contribution in [0.4, 0.5) is 0 Å². The molecule has 1 N–H and O–H groups in total. The lowest BCUT2D eigenvalue weighted by molar-refractivity contribution is -0.136. The SMILES string of the molecule is COC(=O)C(C)=CCNCCCCN(C)C(C)C. The first-order chi connectivity index (χ1) is 8.49. The molecule has 0 saturated carbocycles. The van der Waals surface area contributed by atoms with E-state index in [0.29, 0.717) is 11.6 Å². The molecule has 18 heavy (non-hydrogen) atoms. The summed E-state index contributed by atoms with van der Waals surface area (Å²) in [4.78, 5) is 13.4. The molecule has 0 unspecified atom stereocenters. The number of nitrogens with one attached hydrogen (secondary N) is 1. The number of ether oxygens (including phenoxy) is 1. The molecule has 4 nitrogen and oxygen atoms in total. The molecule has 0 aliphatic carbocycles. The molecule has 4 heteroatoms. The molecule has 0 bridgehead atoms. The van der Waals surface area contributed by atoms with Crippen LogP contribution in [0.1, 0.15) is 33.6 Å². The second-order valence-corrected chi connectivity index (χ2v) is 4.86. The summed E-state index contributed by atoms with van der Waals surface area (Å²) >= 11 is 0. The first-order valence-corrected chi connectivity index (χ1v) is 6.65. The fourth-order valence-corrected chi connectivity index (χ4v) is 1.44. The zero-order chi connectivity index (χ0) is 14.0.